The molecule has 0 spiro atoms. The third kappa shape index (κ3) is 2.59. The SMILES string of the molecule is Cc1c2ccccc2c(C)c2c(C)cc(CP(C)(C)=O)cc12. The lowest BCUT2D eigenvalue weighted by Gasteiger charge is -2.16. The van der Waals surface area contributed by atoms with Crippen LogP contribution in [0.25, 0.3) is 21.5 Å². The lowest BCUT2D eigenvalue weighted by atomic mass is 9.90. The van der Waals surface area contributed by atoms with Gasteiger partial charge < -0.3 is 4.57 Å². The van der Waals surface area contributed by atoms with Crippen molar-refractivity contribution in [1.29, 1.82) is 0 Å². The number of fused-ring (bicyclic) bond motifs is 2. The Kier molecular flexibility index (Phi) is 3.65. The van der Waals surface area contributed by atoms with Crippen molar-refractivity contribution in [2.45, 2.75) is 26.9 Å². The summed E-state index contributed by atoms with van der Waals surface area (Å²) in [5.41, 5.74) is 5.14. The van der Waals surface area contributed by atoms with Crippen LogP contribution in [0, 0.1) is 20.8 Å². The second kappa shape index (κ2) is 5.25. The predicted molar refractivity (Wildman–Crippen MR) is 98.8 cm³/mol. The molecule has 0 N–H and O–H groups in total. The predicted octanol–water partition coefficient (Wildman–Crippen LogP) is 6.04. The van der Waals surface area contributed by atoms with Crippen LogP contribution in [-0.2, 0) is 10.7 Å². The molecule has 0 aromatic heterocycles. The third-order valence-corrected chi connectivity index (χ3v) is 5.60. The number of benzene rings is 3. The van der Waals surface area contributed by atoms with E-state index in [9.17, 15) is 4.57 Å². The molecule has 3 rings (SSSR count). The van der Waals surface area contributed by atoms with Gasteiger partial charge in [-0.15, -0.1) is 0 Å². The Labute approximate surface area is 132 Å². The second-order valence-corrected chi connectivity index (χ2v) is 10.3. The highest BCUT2D eigenvalue weighted by Gasteiger charge is 2.14. The van der Waals surface area contributed by atoms with Gasteiger partial charge in [0.2, 0.25) is 0 Å². The Balaban J connectivity index is 2.41. The zero-order valence-corrected chi connectivity index (χ0v) is 14.9. The molecule has 0 unspecified atom stereocenters. The van der Waals surface area contributed by atoms with E-state index >= 15 is 0 Å². The first-order chi connectivity index (χ1) is 10.3. The molecule has 0 atom stereocenters. The summed E-state index contributed by atoms with van der Waals surface area (Å²) in [5.74, 6) is 0. The average Bonchev–Trinajstić information content (AvgIpc) is 2.42. The summed E-state index contributed by atoms with van der Waals surface area (Å²) >= 11 is 0. The molecule has 114 valence electrons. The molecule has 3 aromatic rings. The molecule has 0 aliphatic rings. The van der Waals surface area contributed by atoms with Crippen molar-refractivity contribution >= 4 is 28.7 Å². The summed E-state index contributed by atoms with van der Waals surface area (Å²) in [6, 6.07) is 13.1. The number of hydrogen-bond donors (Lipinski definition) is 0. The standard InChI is InChI=1S/C20H23OP/c1-13-10-16(12-22(4,5)21)11-19-14(2)17-8-6-7-9-18(17)15(3)20(13)19/h6-11H,12H2,1-5H3. The number of aryl methyl sites for hydroxylation is 3. The van der Waals surface area contributed by atoms with Crippen molar-refractivity contribution in [3.05, 3.63) is 58.7 Å². The molecule has 0 fully saturated rings. The van der Waals surface area contributed by atoms with Crippen LogP contribution in [0.2, 0.25) is 0 Å². The van der Waals surface area contributed by atoms with E-state index in [-0.39, 0.29) is 0 Å². The topological polar surface area (TPSA) is 17.1 Å². The van der Waals surface area contributed by atoms with Gasteiger partial charge in [-0.2, -0.15) is 0 Å². The van der Waals surface area contributed by atoms with Crippen LogP contribution in [-0.4, -0.2) is 13.3 Å². The van der Waals surface area contributed by atoms with Gasteiger partial charge in [-0.1, -0.05) is 36.4 Å². The molecular weight excluding hydrogens is 287 g/mol. The minimum Gasteiger partial charge on any atom is -0.324 e. The molecule has 0 saturated carbocycles. The zero-order chi connectivity index (χ0) is 16.1. The van der Waals surface area contributed by atoms with Gasteiger partial charge in [0.15, 0.2) is 0 Å². The molecule has 0 amide bonds. The van der Waals surface area contributed by atoms with Gasteiger partial charge >= 0.3 is 0 Å². The van der Waals surface area contributed by atoms with Gasteiger partial charge in [-0.3, -0.25) is 0 Å². The lowest BCUT2D eigenvalue weighted by molar-refractivity contribution is 0.582. The van der Waals surface area contributed by atoms with Crippen molar-refractivity contribution < 1.29 is 4.57 Å². The molecule has 0 heterocycles. The Morgan fingerprint density at radius 2 is 1.45 bits per heavy atom. The van der Waals surface area contributed by atoms with E-state index in [4.69, 9.17) is 0 Å². The first-order valence-electron chi connectivity index (χ1n) is 7.73. The van der Waals surface area contributed by atoms with E-state index in [0.717, 1.165) is 0 Å². The van der Waals surface area contributed by atoms with E-state index in [0.29, 0.717) is 6.16 Å². The zero-order valence-electron chi connectivity index (χ0n) is 14.0. The average molecular weight is 310 g/mol. The van der Waals surface area contributed by atoms with Crippen molar-refractivity contribution in [2.24, 2.45) is 0 Å². The Hall–Kier alpha value is -1.59. The van der Waals surface area contributed by atoms with Crippen LogP contribution in [0.4, 0.5) is 0 Å². The van der Waals surface area contributed by atoms with Crippen LogP contribution < -0.4 is 0 Å². The quantitative estimate of drug-likeness (QED) is 0.416. The van der Waals surface area contributed by atoms with Gasteiger partial charge in [0.25, 0.3) is 0 Å². The molecule has 0 bridgehead atoms. The van der Waals surface area contributed by atoms with E-state index in [1.807, 2.05) is 13.3 Å². The fourth-order valence-corrected chi connectivity index (χ4v) is 4.67. The summed E-state index contributed by atoms with van der Waals surface area (Å²) in [4.78, 5) is 0. The second-order valence-electron chi connectivity index (χ2n) is 6.86. The molecule has 0 radical (unpaired) electrons. The summed E-state index contributed by atoms with van der Waals surface area (Å²) in [7, 11) is -2.06. The van der Waals surface area contributed by atoms with E-state index in [1.165, 1.54) is 43.8 Å². The maximum absolute atomic E-state index is 12.2. The highest BCUT2D eigenvalue weighted by Crippen LogP contribution is 2.42. The molecule has 2 heteroatoms. The van der Waals surface area contributed by atoms with E-state index < -0.39 is 7.14 Å². The fourth-order valence-electron chi connectivity index (χ4n) is 3.60. The maximum atomic E-state index is 12.2. The molecule has 0 aliphatic carbocycles. The number of hydrogen-bond acceptors (Lipinski definition) is 1. The Morgan fingerprint density at radius 1 is 0.864 bits per heavy atom. The smallest absolute Gasteiger partial charge is 0.0861 e. The van der Waals surface area contributed by atoms with E-state index in [2.05, 4.69) is 57.2 Å². The first kappa shape index (κ1) is 15.3. The molecular formula is C20H23OP. The van der Waals surface area contributed by atoms with E-state index in [1.54, 1.807) is 0 Å². The summed E-state index contributed by atoms with van der Waals surface area (Å²) in [6.07, 6.45) is 0.676. The molecule has 0 aliphatic heterocycles. The maximum Gasteiger partial charge on any atom is 0.0861 e. The van der Waals surface area contributed by atoms with Crippen molar-refractivity contribution in [2.75, 3.05) is 13.3 Å². The van der Waals surface area contributed by atoms with Crippen molar-refractivity contribution in [3.8, 4) is 0 Å². The van der Waals surface area contributed by atoms with Gasteiger partial charge in [-0.05, 0) is 77.9 Å². The highest BCUT2D eigenvalue weighted by atomic mass is 31.2. The van der Waals surface area contributed by atoms with Crippen LogP contribution in [0.5, 0.6) is 0 Å². The molecule has 3 aromatic carbocycles. The van der Waals surface area contributed by atoms with Crippen LogP contribution in [0.15, 0.2) is 36.4 Å². The fraction of sp³-hybridized carbons (Fsp3) is 0.300. The minimum absolute atomic E-state index is 0.676. The summed E-state index contributed by atoms with van der Waals surface area (Å²) < 4.78 is 12.2. The van der Waals surface area contributed by atoms with Gasteiger partial charge in [0.05, 0.1) is 7.14 Å². The summed E-state index contributed by atoms with van der Waals surface area (Å²) in [6.45, 7) is 10.3. The van der Waals surface area contributed by atoms with Gasteiger partial charge in [0.1, 0.15) is 0 Å². The minimum atomic E-state index is -2.06. The summed E-state index contributed by atoms with van der Waals surface area (Å²) in [5, 5.41) is 5.31. The third-order valence-electron chi connectivity index (χ3n) is 4.47. The normalized spacial score (nSPS) is 12.2. The monoisotopic (exact) mass is 310 g/mol. The first-order valence-corrected chi connectivity index (χ1v) is 10.5. The van der Waals surface area contributed by atoms with Crippen LogP contribution in [0.3, 0.4) is 0 Å². The number of rotatable bonds is 2. The molecule has 0 saturated heterocycles. The molecule has 1 nitrogen and oxygen atoms in total. The molecule has 22 heavy (non-hydrogen) atoms. The largest absolute Gasteiger partial charge is 0.324 e. The van der Waals surface area contributed by atoms with Gasteiger partial charge in [-0.25, -0.2) is 0 Å². The van der Waals surface area contributed by atoms with Crippen molar-refractivity contribution in [3.63, 3.8) is 0 Å². The Bertz CT molecular complexity index is 931. The van der Waals surface area contributed by atoms with Crippen molar-refractivity contribution in [1.82, 2.24) is 0 Å². The van der Waals surface area contributed by atoms with Crippen LogP contribution in [0.1, 0.15) is 22.3 Å². The van der Waals surface area contributed by atoms with Gasteiger partial charge in [0, 0.05) is 6.16 Å². The highest BCUT2D eigenvalue weighted by molar-refractivity contribution is 7.61. The van der Waals surface area contributed by atoms with Crippen LogP contribution >= 0.6 is 7.14 Å². The Morgan fingerprint density at radius 3 is 2.05 bits per heavy atom. The lowest BCUT2D eigenvalue weighted by Crippen LogP contribution is -1.94.